The second-order valence-corrected chi connectivity index (χ2v) is 3.72. The normalized spacial score (nSPS) is 8.82. The van der Waals surface area contributed by atoms with E-state index in [1.165, 1.54) is 0 Å². The van der Waals surface area contributed by atoms with Gasteiger partial charge in [-0.1, -0.05) is 0 Å². The van der Waals surface area contributed by atoms with Crippen molar-refractivity contribution in [3.63, 3.8) is 0 Å². The molecule has 6 heteroatoms. The zero-order chi connectivity index (χ0) is 12.5. The molecule has 0 aliphatic rings. The number of nitrogens with zero attached hydrogens (tertiary/aromatic N) is 1. The minimum atomic E-state index is 0.403. The van der Waals surface area contributed by atoms with Crippen molar-refractivity contribution in [2.24, 2.45) is 5.84 Å². The molecule has 2 rings (SSSR count). The highest BCUT2D eigenvalue weighted by Crippen LogP contribution is 2.34. The molecule has 3 N–H and O–H groups in total. The number of hydrogen-bond acceptors (Lipinski definition) is 5. The Bertz CT molecular complexity index is 445. The van der Waals surface area contributed by atoms with E-state index in [4.69, 9.17) is 9.53 Å². The molecular weight excluding hydrogens is 238 g/mol. The molecule has 2 heterocycles. The molecule has 1 amide bonds. The average Bonchev–Trinajstić information content (AvgIpc) is 2.88. The van der Waals surface area contributed by atoms with Gasteiger partial charge in [-0.05, 0) is 29.1 Å². The summed E-state index contributed by atoms with van der Waals surface area (Å²) in [6, 6.07) is 6.01. The Morgan fingerprint density at radius 3 is 2.59 bits per heavy atom. The van der Waals surface area contributed by atoms with Gasteiger partial charge < -0.3 is 4.74 Å². The van der Waals surface area contributed by atoms with Crippen LogP contribution in [0.25, 0.3) is 11.1 Å². The number of amides is 1. The van der Waals surface area contributed by atoms with Crippen molar-refractivity contribution in [2.45, 2.75) is 0 Å². The van der Waals surface area contributed by atoms with Gasteiger partial charge in [-0.15, -0.1) is 11.3 Å². The lowest BCUT2D eigenvalue weighted by molar-refractivity contribution is -0.109. The number of thiophene rings is 1. The van der Waals surface area contributed by atoms with Crippen molar-refractivity contribution >= 4 is 17.7 Å². The lowest BCUT2D eigenvalue weighted by atomic mass is 10.1. The molecule has 0 spiro atoms. The van der Waals surface area contributed by atoms with Crippen molar-refractivity contribution in [2.75, 3.05) is 7.11 Å². The number of nitrogens with two attached hydrogens (primary N) is 1. The summed E-state index contributed by atoms with van der Waals surface area (Å²) >= 11 is 1.60. The number of rotatable bonds is 3. The van der Waals surface area contributed by atoms with Gasteiger partial charge in [-0.3, -0.25) is 15.2 Å². The number of carbonyl (C=O) groups is 1. The molecule has 2 aromatic rings. The first-order valence-corrected chi connectivity index (χ1v) is 5.63. The van der Waals surface area contributed by atoms with Gasteiger partial charge in [0.05, 0.1) is 7.11 Å². The number of carbonyl (C=O) groups excluding carboxylic acids is 1. The van der Waals surface area contributed by atoms with Crippen LogP contribution in [0, 0.1) is 0 Å². The fourth-order valence-electron chi connectivity index (χ4n) is 1.20. The number of hydrogen-bond donors (Lipinski definition) is 2. The Hall–Kier alpha value is -1.92. The Morgan fingerprint density at radius 2 is 2.06 bits per heavy atom. The highest BCUT2D eigenvalue weighted by Gasteiger charge is 2.05. The van der Waals surface area contributed by atoms with Crippen LogP contribution in [-0.4, -0.2) is 18.5 Å². The number of methoxy groups -OCH3 is 1. The minimum absolute atomic E-state index is 0.403. The van der Waals surface area contributed by atoms with Gasteiger partial charge in [0.1, 0.15) is 0 Å². The lowest BCUT2D eigenvalue weighted by Crippen LogP contribution is -2.18. The van der Waals surface area contributed by atoms with E-state index in [-0.39, 0.29) is 0 Å². The molecule has 0 bridgehead atoms. The van der Waals surface area contributed by atoms with Gasteiger partial charge in [0.2, 0.25) is 6.41 Å². The summed E-state index contributed by atoms with van der Waals surface area (Å²) in [6.45, 7) is 0. The quantitative estimate of drug-likeness (QED) is 0.374. The highest BCUT2D eigenvalue weighted by atomic mass is 32.1. The van der Waals surface area contributed by atoms with Crippen LogP contribution in [0.5, 0.6) is 5.06 Å². The van der Waals surface area contributed by atoms with E-state index in [9.17, 15) is 0 Å². The summed E-state index contributed by atoms with van der Waals surface area (Å²) in [6.07, 6.45) is 3.97. The van der Waals surface area contributed by atoms with Crippen LogP contribution in [-0.2, 0) is 4.79 Å². The molecule has 0 aliphatic carbocycles. The Kier molecular flexibility index (Phi) is 5.70. The fraction of sp³-hybridized carbons (Fsp3) is 0.0909. The van der Waals surface area contributed by atoms with E-state index in [0.717, 1.165) is 16.2 Å². The summed E-state index contributed by atoms with van der Waals surface area (Å²) in [5, 5.41) is 2.97. The maximum absolute atomic E-state index is 8.94. The zero-order valence-corrected chi connectivity index (χ0v) is 10.1. The first kappa shape index (κ1) is 13.1. The maximum atomic E-state index is 8.94. The number of pyridine rings is 1. The molecule has 0 fully saturated rings. The topological polar surface area (TPSA) is 77.2 Å². The van der Waals surface area contributed by atoms with Crippen LogP contribution in [0.2, 0.25) is 0 Å². The summed E-state index contributed by atoms with van der Waals surface area (Å²) in [5.74, 6) is 4.41. The van der Waals surface area contributed by atoms with Crippen LogP contribution in [0.3, 0.4) is 0 Å². The van der Waals surface area contributed by atoms with Gasteiger partial charge in [-0.2, -0.15) is 0 Å². The molecule has 0 atom stereocenters. The van der Waals surface area contributed by atoms with Gasteiger partial charge in [-0.25, -0.2) is 5.84 Å². The van der Waals surface area contributed by atoms with Crippen molar-refractivity contribution in [1.29, 1.82) is 0 Å². The summed E-state index contributed by atoms with van der Waals surface area (Å²) in [5.41, 5.74) is 4.03. The molecule has 5 nitrogen and oxygen atoms in total. The average molecular weight is 251 g/mol. The van der Waals surface area contributed by atoms with E-state index >= 15 is 0 Å². The Labute approximate surface area is 103 Å². The first-order chi connectivity index (χ1) is 8.33. The second kappa shape index (κ2) is 7.37. The standard InChI is InChI=1S/C10H9NOS.CH4N2O/c1-12-10-9(4-7-13-10)8-2-5-11-6-3-8;2-3-1-4/h2-7H,1H3;1H,2H2,(H,3,4). The van der Waals surface area contributed by atoms with Crippen molar-refractivity contribution < 1.29 is 9.53 Å². The van der Waals surface area contributed by atoms with E-state index in [1.54, 1.807) is 36.3 Å². The molecule has 0 radical (unpaired) electrons. The fourth-order valence-corrected chi connectivity index (χ4v) is 1.94. The van der Waals surface area contributed by atoms with Gasteiger partial charge in [0.25, 0.3) is 0 Å². The van der Waals surface area contributed by atoms with E-state index < -0.39 is 0 Å². The molecule has 2 aromatic heterocycles. The van der Waals surface area contributed by atoms with Crippen LogP contribution >= 0.6 is 11.3 Å². The molecule has 0 aromatic carbocycles. The van der Waals surface area contributed by atoms with Crippen LogP contribution in [0.15, 0.2) is 36.0 Å². The third-order valence-electron chi connectivity index (χ3n) is 1.87. The molecule has 0 saturated carbocycles. The minimum Gasteiger partial charge on any atom is -0.487 e. The third kappa shape index (κ3) is 3.86. The Balaban J connectivity index is 0.000000317. The van der Waals surface area contributed by atoms with E-state index in [1.807, 2.05) is 17.5 Å². The molecule has 90 valence electrons. The van der Waals surface area contributed by atoms with E-state index in [2.05, 4.69) is 16.9 Å². The van der Waals surface area contributed by atoms with Gasteiger partial charge in [0.15, 0.2) is 5.06 Å². The predicted molar refractivity (Wildman–Crippen MR) is 67.5 cm³/mol. The van der Waals surface area contributed by atoms with Crippen molar-refractivity contribution in [1.82, 2.24) is 10.4 Å². The third-order valence-corrected chi connectivity index (χ3v) is 2.75. The highest BCUT2D eigenvalue weighted by molar-refractivity contribution is 7.12. The van der Waals surface area contributed by atoms with Gasteiger partial charge in [0, 0.05) is 18.0 Å². The molecule has 0 saturated heterocycles. The predicted octanol–water partition coefficient (Wildman–Crippen LogP) is 1.42. The molecule has 0 unspecified atom stereocenters. The SMILES string of the molecule is COc1sccc1-c1ccncc1.NNC=O. The first-order valence-electron chi connectivity index (χ1n) is 4.75. The summed E-state index contributed by atoms with van der Waals surface area (Å²) < 4.78 is 5.24. The Morgan fingerprint density at radius 1 is 1.41 bits per heavy atom. The maximum Gasteiger partial charge on any atom is 0.221 e. The van der Waals surface area contributed by atoms with Crippen molar-refractivity contribution in [3.8, 4) is 16.2 Å². The smallest absolute Gasteiger partial charge is 0.221 e. The number of hydrazine groups is 1. The number of ether oxygens (including phenoxy) is 1. The summed E-state index contributed by atoms with van der Waals surface area (Å²) in [7, 11) is 1.69. The van der Waals surface area contributed by atoms with Crippen LogP contribution < -0.4 is 16.0 Å². The zero-order valence-electron chi connectivity index (χ0n) is 9.29. The summed E-state index contributed by atoms with van der Waals surface area (Å²) in [4.78, 5) is 12.9. The molecule has 17 heavy (non-hydrogen) atoms. The van der Waals surface area contributed by atoms with Gasteiger partial charge >= 0.3 is 0 Å². The number of nitrogens with one attached hydrogen (secondary N) is 1. The van der Waals surface area contributed by atoms with Crippen LogP contribution in [0.4, 0.5) is 0 Å². The molecular formula is C11H13N3O2S. The van der Waals surface area contributed by atoms with Crippen LogP contribution in [0.1, 0.15) is 0 Å². The van der Waals surface area contributed by atoms with Crippen molar-refractivity contribution in [3.05, 3.63) is 36.0 Å². The second-order valence-electron chi connectivity index (χ2n) is 2.85. The monoisotopic (exact) mass is 251 g/mol. The largest absolute Gasteiger partial charge is 0.487 e. The van der Waals surface area contributed by atoms with E-state index in [0.29, 0.717) is 6.41 Å². The lowest BCUT2D eigenvalue weighted by Gasteiger charge is -2.00. The number of aromatic nitrogens is 1. The molecule has 0 aliphatic heterocycles.